The number of rotatable bonds is 7. The van der Waals surface area contributed by atoms with Crippen molar-refractivity contribution in [2.24, 2.45) is 7.05 Å². The first-order chi connectivity index (χ1) is 20.2. The van der Waals surface area contributed by atoms with Gasteiger partial charge in [-0.25, -0.2) is 23.5 Å². The van der Waals surface area contributed by atoms with Gasteiger partial charge in [0.1, 0.15) is 23.1 Å². The predicted octanol–water partition coefficient (Wildman–Crippen LogP) is 4.70. The van der Waals surface area contributed by atoms with Crippen LogP contribution in [0.3, 0.4) is 0 Å². The summed E-state index contributed by atoms with van der Waals surface area (Å²) in [5.41, 5.74) is 3.22. The van der Waals surface area contributed by atoms with Gasteiger partial charge >= 0.3 is 6.03 Å². The first-order valence-electron chi connectivity index (χ1n) is 13.1. The molecule has 1 unspecified atom stereocenters. The lowest BCUT2D eigenvalue weighted by atomic mass is 10.1. The van der Waals surface area contributed by atoms with Crippen LogP contribution in [-0.4, -0.2) is 49.6 Å². The molecule has 1 saturated heterocycles. The second-order valence-electron chi connectivity index (χ2n) is 10.0. The van der Waals surface area contributed by atoms with Gasteiger partial charge in [0, 0.05) is 39.2 Å². The second kappa shape index (κ2) is 11.1. The maximum Gasteiger partial charge on any atom is 0.329 e. The fourth-order valence-corrected chi connectivity index (χ4v) is 5.47. The van der Waals surface area contributed by atoms with E-state index in [4.69, 9.17) is 21.3 Å². The Kier molecular flexibility index (Phi) is 7.35. The first kappa shape index (κ1) is 27.8. The Morgan fingerprint density at radius 2 is 1.93 bits per heavy atom. The van der Waals surface area contributed by atoms with Crippen LogP contribution in [0.5, 0.6) is 11.5 Å². The van der Waals surface area contributed by atoms with E-state index in [0.717, 1.165) is 22.9 Å². The molecule has 1 fully saturated rings. The molecule has 4 heterocycles. The van der Waals surface area contributed by atoms with E-state index in [0.29, 0.717) is 42.2 Å². The quantitative estimate of drug-likeness (QED) is 0.319. The third-order valence-corrected chi connectivity index (χ3v) is 7.61. The molecule has 10 nitrogen and oxygen atoms in total. The van der Waals surface area contributed by atoms with Crippen molar-refractivity contribution >= 4 is 29.4 Å². The number of anilines is 1. The van der Waals surface area contributed by atoms with Crippen molar-refractivity contribution in [3.05, 3.63) is 88.2 Å². The standard InChI is InChI=1S/C29H25ClF2N6O4/c1-36-25(38-9-8-24(40)35-29(38)41)12-33-28(36)22-7-4-17-14-37(23(15-39)26(17)34-22)13-16-2-5-19(6-3-16)42-27-20(30)10-18(31)11-21(27)32/h2-7,10-12,23,39H,8-9,13-15H2,1H3,(H,35,40,41). The monoisotopic (exact) mass is 594 g/mol. The lowest BCUT2D eigenvalue weighted by Crippen LogP contribution is -2.50. The van der Waals surface area contributed by atoms with E-state index in [9.17, 15) is 23.5 Å². The Morgan fingerprint density at radius 3 is 2.64 bits per heavy atom. The van der Waals surface area contributed by atoms with Crippen molar-refractivity contribution in [2.75, 3.05) is 18.1 Å². The van der Waals surface area contributed by atoms with E-state index in [1.165, 1.54) is 4.90 Å². The van der Waals surface area contributed by atoms with Crippen molar-refractivity contribution in [1.29, 1.82) is 0 Å². The summed E-state index contributed by atoms with van der Waals surface area (Å²) in [6.07, 6.45) is 1.77. The van der Waals surface area contributed by atoms with Crippen molar-refractivity contribution < 1.29 is 28.2 Å². The smallest absolute Gasteiger partial charge is 0.329 e. The number of nitrogens with one attached hydrogen (secondary N) is 1. The number of aromatic nitrogens is 3. The zero-order chi connectivity index (χ0) is 29.5. The molecule has 2 aromatic heterocycles. The number of carbonyl (C=O) groups excluding carboxylic acids is 2. The highest BCUT2D eigenvalue weighted by atomic mass is 35.5. The number of urea groups is 1. The Morgan fingerprint density at radius 1 is 1.14 bits per heavy atom. The third-order valence-electron chi connectivity index (χ3n) is 7.33. The molecule has 216 valence electrons. The summed E-state index contributed by atoms with van der Waals surface area (Å²) in [6, 6.07) is 11.6. The number of aliphatic hydroxyl groups excluding tert-OH is 1. The molecule has 6 rings (SSSR count). The molecule has 2 aliphatic heterocycles. The number of carbonyl (C=O) groups is 2. The highest BCUT2D eigenvalue weighted by Gasteiger charge is 2.32. The summed E-state index contributed by atoms with van der Waals surface area (Å²) in [4.78, 5) is 36.8. The van der Waals surface area contributed by atoms with Gasteiger partial charge in [-0.2, -0.15) is 0 Å². The number of ether oxygens (including phenoxy) is 1. The molecule has 13 heteroatoms. The Bertz CT molecular complexity index is 1670. The molecule has 2 aliphatic rings. The van der Waals surface area contributed by atoms with Gasteiger partial charge in [0.15, 0.2) is 17.4 Å². The molecule has 0 saturated carbocycles. The van der Waals surface area contributed by atoms with Gasteiger partial charge in [-0.05, 0) is 35.4 Å². The Hall–Kier alpha value is -4.39. The average Bonchev–Trinajstić information content (AvgIpc) is 3.50. The van der Waals surface area contributed by atoms with Gasteiger partial charge in [-0.1, -0.05) is 29.8 Å². The minimum absolute atomic E-state index is 0.152. The molecule has 0 bridgehead atoms. The van der Waals surface area contributed by atoms with Crippen LogP contribution in [0.4, 0.5) is 19.4 Å². The van der Waals surface area contributed by atoms with Gasteiger partial charge < -0.3 is 14.4 Å². The van der Waals surface area contributed by atoms with Gasteiger partial charge in [-0.15, -0.1) is 0 Å². The zero-order valence-electron chi connectivity index (χ0n) is 22.4. The average molecular weight is 595 g/mol. The molecule has 3 amide bonds. The summed E-state index contributed by atoms with van der Waals surface area (Å²) in [6.45, 7) is 1.17. The maximum atomic E-state index is 14.1. The van der Waals surface area contributed by atoms with E-state index < -0.39 is 17.7 Å². The molecule has 42 heavy (non-hydrogen) atoms. The van der Waals surface area contributed by atoms with Gasteiger partial charge in [0.05, 0.1) is 29.6 Å². The predicted molar refractivity (Wildman–Crippen MR) is 149 cm³/mol. The summed E-state index contributed by atoms with van der Waals surface area (Å²) >= 11 is 5.94. The molecule has 2 aromatic carbocycles. The van der Waals surface area contributed by atoms with Crippen LogP contribution in [0.2, 0.25) is 5.02 Å². The summed E-state index contributed by atoms with van der Waals surface area (Å²) in [7, 11) is 1.78. The fourth-order valence-electron chi connectivity index (χ4n) is 5.23. The number of halogens is 3. The van der Waals surface area contributed by atoms with Gasteiger partial charge in [0.2, 0.25) is 5.91 Å². The summed E-state index contributed by atoms with van der Waals surface area (Å²) < 4.78 is 34.7. The topological polar surface area (TPSA) is 113 Å². The van der Waals surface area contributed by atoms with Crippen LogP contribution in [0.25, 0.3) is 11.5 Å². The first-order valence-corrected chi connectivity index (χ1v) is 13.5. The molecule has 0 aliphatic carbocycles. The largest absolute Gasteiger partial charge is 0.453 e. The molecule has 1 atom stereocenters. The van der Waals surface area contributed by atoms with E-state index in [2.05, 4.69) is 15.2 Å². The second-order valence-corrected chi connectivity index (χ2v) is 10.4. The number of benzene rings is 2. The number of fused-ring (bicyclic) bond motifs is 1. The summed E-state index contributed by atoms with van der Waals surface area (Å²) in [5.74, 6) is -0.835. The minimum atomic E-state index is -0.896. The lowest BCUT2D eigenvalue weighted by molar-refractivity contribution is -0.120. The molecule has 2 N–H and O–H groups in total. The number of imidazole rings is 1. The van der Waals surface area contributed by atoms with Crippen molar-refractivity contribution in [1.82, 2.24) is 24.8 Å². The highest BCUT2D eigenvalue weighted by Crippen LogP contribution is 2.36. The number of hydrogen-bond acceptors (Lipinski definition) is 7. The van der Waals surface area contributed by atoms with Crippen LogP contribution in [-0.2, 0) is 24.9 Å². The van der Waals surface area contributed by atoms with E-state index in [1.807, 2.05) is 24.3 Å². The van der Waals surface area contributed by atoms with Gasteiger partial charge in [-0.3, -0.25) is 19.9 Å². The van der Waals surface area contributed by atoms with E-state index in [-0.39, 0.29) is 42.3 Å². The van der Waals surface area contributed by atoms with Crippen LogP contribution < -0.4 is 15.0 Å². The number of imide groups is 1. The Balaban J connectivity index is 1.18. The molecular formula is C29H25ClF2N6O4. The van der Waals surface area contributed by atoms with Gasteiger partial charge in [0.25, 0.3) is 0 Å². The normalized spacial score (nSPS) is 17.0. The molecule has 0 spiro atoms. The van der Waals surface area contributed by atoms with Crippen LogP contribution in [0.15, 0.2) is 54.7 Å². The number of aliphatic hydroxyl groups is 1. The van der Waals surface area contributed by atoms with Crippen molar-refractivity contribution in [3.8, 4) is 23.0 Å². The number of hydrogen-bond donors (Lipinski definition) is 2. The fraction of sp³-hybridized carbons (Fsp3) is 0.241. The Labute approximate surface area is 244 Å². The minimum Gasteiger partial charge on any atom is -0.453 e. The number of nitrogens with zero attached hydrogens (tertiary/aromatic N) is 5. The SMILES string of the molecule is Cn1c(N2CCC(=O)NC2=O)cnc1-c1ccc2c(n1)C(CO)N(Cc1ccc(Oc3c(F)cc(F)cc3Cl)cc1)C2. The number of pyridine rings is 1. The van der Waals surface area contributed by atoms with E-state index in [1.54, 1.807) is 29.9 Å². The molecular weight excluding hydrogens is 570 g/mol. The maximum absolute atomic E-state index is 14.1. The van der Waals surface area contributed by atoms with Crippen molar-refractivity contribution in [2.45, 2.75) is 25.6 Å². The third kappa shape index (κ3) is 5.20. The number of amides is 3. The van der Waals surface area contributed by atoms with Crippen LogP contribution in [0, 0.1) is 11.6 Å². The van der Waals surface area contributed by atoms with Crippen molar-refractivity contribution in [3.63, 3.8) is 0 Å². The van der Waals surface area contributed by atoms with Crippen LogP contribution in [0.1, 0.15) is 29.3 Å². The summed E-state index contributed by atoms with van der Waals surface area (Å²) in [5, 5.41) is 12.5. The zero-order valence-corrected chi connectivity index (χ0v) is 23.1. The highest BCUT2D eigenvalue weighted by molar-refractivity contribution is 6.32. The molecule has 0 radical (unpaired) electrons. The lowest BCUT2D eigenvalue weighted by Gasteiger charge is -2.26. The molecule has 4 aromatic rings. The van der Waals surface area contributed by atoms with E-state index >= 15 is 0 Å². The van der Waals surface area contributed by atoms with Crippen LogP contribution >= 0.6 is 11.6 Å².